The summed E-state index contributed by atoms with van der Waals surface area (Å²) in [6.45, 7) is -2.67. The van der Waals surface area contributed by atoms with Gasteiger partial charge in [-0.3, -0.25) is 0 Å². The molecular formula is C12H12BrF2NO3S. The van der Waals surface area contributed by atoms with Crippen molar-refractivity contribution < 1.29 is 21.9 Å². The van der Waals surface area contributed by atoms with E-state index in [1.165, 1.54) is 6.07 Å². The minimum Gasteiger partial charge on any atom is -0.434 e. The van der Waals surface area contributed by atoms with Gasteiger partial charge in [0.25, 0.3) is 0 Å². The second-order valence-corrected chi connectivity index (χ2v) is 7.12. The Morgan fingerprint density at radius 3 is 2.80 bits per heavy atom. The summed E-state index contributed by atoms with van der Waals surface area (Å²) in [5.74, 6) is 0.0482. The first kappa shape index (κ1) is 15.4. The molecule has 0 amide bonds. The van der Waals surface area contributed by atoms with E-state index < -0.39 is 16.4 Å². The van der Waals surface area contributed by atoms with Gasteiger partial charge in [-0.25, -0.2) is 8.42 Å². The van der Waals surface area contributed by atoms with E-state index in [0.29, 0.717) is 5.56 Å². The third kappa shape index (κ3) is 4.26. The van der Waals surface area contributed by atoms with E-state index in [4.69, 9.17) is 0 Å². The highest BCUT2D eigenvalue weighted by Gasteiger charge is 2.21. The average Bonchev–Trinajstić information content (AvgIpc) is 2.69. The van der Waals surface area contributed by atoms with Gasteiger partial charge < -0.3 is 10.1 Å². The zero-order valence-corrected chi connectivity index (χ0v) is 12.6. The largest absolute Gasteiger partial charge is 0.434 e. The topological polar surface area (TPSA) is 55.4 Å². The predicted octanol–water partition coefficient (Wildman–Crippen LogP) is 2.45. The van der Waals surface area contributed by atoms with Crippen LogP contribution in [0.4, 0.5) is 8.78 Å². The molecule has 1 aliphatic rings. The number of hydrogen-bond donors (Lipinski definition) is 1. The van der Waals surface area contributed by atoms with Gasteiger partial charge in [0, 0.05) is 28.0 Å². The Balaban J connectivity index is 2.05. The Kier molecular flexibility index (Phi) is 4.77. The zero-order valence-electron chi connectivity index (χ0n) is 10.2. The number of nitrogens with one attached hydrogen (secondary N) is 1. The first-order chi connectivity index (χ1) is 9.35. The minimum atomic E-state index is -3.14. The highest BCUT2D eigenvalue weighted by molar-refractivity contribution is 9.10. The van der Waals surface area contributed by atoms with Crippen molar-refractivity contribution in [3.05, 3.63) is 39.7 Å². The van der Waals surface area contributed by atoms with Crippen molar-refractivity contribution in [2.24, 2.45) is 0 Å². The zero-order chi connectivity index (χ0) is 14.8. The molecule has 0 saturated heterocycles. The second-order valence-electron chi connectivity index (χ2n) is 4.28. The van der Waals surface area contributed by atoms with Crippen molar-refractivity contribution in [1.82, 2.24) is 5.32 Å². The van der Waals surface area contributed by atoms with Crippen molar-refractivity contribution in [2.75, 3.05) is 5.75 Å². The first-order valence-electron chi connectivity index (χ1n) is 5.73. The molecule has 1 aromatic rings. The van der Waals surface area contributed by atoms with Gasteiger partial charge in [-0.1, -0.05) is 22.0 Å². The molecule has 8 heteroatoms. The van der Waals surface area contributed by atoms with Crippen LogP contribution < -0.4 is 10.1 Å². The van der Waals surface area contributed by atoms with Crippen LogP contribution in [0.15, 0.2) is 34.2 Å². The van der Waals surface area contributed by atoms with Gasteiger partial charge in [-0.05, 0) is 18.2 Å². The number of halogens is 3. The van der Waals surface area contributed by atoms with Crippen molar-refractivity contribution in [3.63, 3.8) is 0 Å². The highest BCUT2D eigenvalue weighted by atomic mass is 79.9. The van der Waals surface area contributed by atoms with Crippen molar-refractivity contribution in [2.45, 2.75) is 19.2 Å². The number of ether oxygens (including phenoxy) is 1. The van der Waals surface area contributed by atoms with E-state index in [9.17, 15) is 17.2 Å². The third-order valence-corrected chi connectivity index (χ3v) is 4.61. The fourth-order valence-corrected chi connectivity index (χ4v) is 3.52. The monoisotopic (exact) mass is 367 g/mol. The molecule has 1 heterocycles. The molecule has 1 unspecified atom stereocenters. The maximum Gasteiger partial charge on any atom is 0.387 e. The second kappa shape index (κ2) is 6.19. The van der Waals surface area contributed by atoms with Crippen LogP contribution in [0.25, 0.3) is 0 Å². The van der Waals surface area contributed by atoms with Gasteiger partial charge in [0.15, 0.2) is 9.84 Å². The van der Waals surface area contributed by atoms with E-state index in [1.54, 1.807) is 18.2 Å². The molecule has 1 aliphatic heterocycles. The Morgan fingerprint density at radius 2 is 2.20 bits per heavy atom. The van der Waals surface area contributed by atoms with Crippen LogP contribution in [0, 0.1) is 0 Å². The summed E-state index contributed by atoms with van der Waals surface area (Å²) >= 11 is 3.25. The molecule has 1 atom stereocenters. The fraction of sp³-hybridized carbons (Fsp3) is 0.333. The van der Waals surface area contributed by atoms with Crippen LogP contribution in [0.2, 0.25) is 0 Å². The van der Waals surface area contributed by atoms with Crippen LogP contribution in [-0.4, -0.2) is 26.8 Å². The molecule has 20 heavy (non-hydrogen) atoms. The first-order valence-corrected chi connectivity index (χ1v) is 8.24. The Labute approximate surface area is 123 Å². The van der Waals surface area contributed by atoms with Gasteiger partial charge in [0.05, 0.1) is 5.75 Å². The summed E-state index contributed by atoms with van der Waals surface area (Å²) in [6.07, 6.45) is 1.54. The fourth-order valence-electron chi connectivity index (χ4n) is 1.84. The number of alkyl halides is 2. The smallest absolute Gasteiger partial charge is 0.387 e. The van der Waals surface area contributed by atoms with Crippen LogP contribution in [0.5, 0.6) is 5.75 Å². The SMILES string of the molecule is O=S1(=O)C=CC(NCc2cc(Br)ccc2OC(F)F)C1. The van der Waals surface area contributed by atoms with Gasteiger partial charge in [0.2, 0.25) is 0 Å². The van der Waals surface area contributed by atoms with E-state index in [2.05, 4.69) is 26.0 Å². The summed E-state index contributed by atoms with van der Waals surface area (Å²) in [4.78, 5) is 0. The Hall–Kier alpha value is -0.990. The molecule has 110 valence electrons. The molecule has 0 fully saturated rings. The highest BCUT2D eigenvalue weighted by Crippen LogP contribution is 2.25. The molecule has 0 radical (unpaired) electrons. The maximum absolute atomic E-state index is 12.3. The predicted molar refractivity (Wildman–Crippen MR) is 74.3 cm³/mol. The number of hydrogen-bond acceptors (Lipinski definition) is 4. The Morgan fingerprint density at radius 1 is 1.45 bits per heavy atom. The lowest BCUT2D eigenvalue weighted by molar-refractivity contribution is -0.0505. The molecular weight excluding hydrogens is 356 g/mol. The van der Waals surface area contributed by atoms with Crippen LogP contribution in [0.3, 0.4) is 0 Å². The van der Waals surface area contributed by atoms with Gasteiger partial charge >= 0.3 is 6.61 Å². The van der Waals surface area contributed by atoms with Crippen LogP contribution >= 0.6 is 15.9 Å². The Bertz CT molecular complexity index is 619. The van der Waals surface area contributed by atoms with Crippen LogP contribution in [-0.2, 0) is 16.4 Å². The van der Waals surface area contributed by atoms with E-state index in [1.807, 2.05) is 0 Å². The van der Waals surface area contributed by atoms with E-state index in [-0.39, 0.29) is 24.1 Å². The molecule has 2 rings (SSSR count). The minimum absolute atomic E-state index is 0.0218. The van der Waals surface area contributed by atoms with Gasteiger partial charge in [0.1, 0.15) is 5.75 Å². The summed E-state index contributed by atoms with van der Waals surface area (Å²) in [6, 6.07) is 4.37. The van der Waals surface area contributed by atoms with Crippen molar-refractivity contribution >= 4 is 25.8 Å². The molecule has 1 N–H and O–H groups in total. The molecule has 0 aromatic heterocycles. The standard InChI is InChI=1S/C12H12BrF2NO3S/c13-9-1-2-11(19-12(14)15)8(5-9)6-16-10-3-4-20(17,18)7-10/h1-5,10,12,16H,6-7H2. The molecule has 0 bridgehead atoms. The molecule has 0 spiro atoms. The van der Waals surface area contributed by atoms with Gasteiger partial charge in [-0.15, -0.1) is 0 Å². The number of sulfone groups is 1. The average molecular weight is 368 g/mol. The number of rotatable bonds is 5. The number of benzene rings is 1. The summed E-state index contributed by atoms with van der Waals surface area (Å²) in [7, 11) is -3.14. The quantitative estimate of drug-likeness (QED) is 0.868. The lowest BCUT2D eigenvalue weighted by atomic mass is 10.2. The van der Waals surface area contributed by atoms with Crippen LogP contribution in [0.1, 0.15) is 5.56 Å². The normalized spacial score (nSPS) is 20.5. The summed E-state index contributed by atoms with van der Waals surface area (Å²) in [5, 5.41) is 4.14. The van der Waals surface area contributed by atoms with E-state index >= 15 is 0 Å². The molecule has 4 nitrogen and oxygen atoms in total. The van der Waals surface area contributed by atoms with Crippen molar-refractivity contribution in [1.29, 1.82) is 0 Å². The lowest BCUT2D eigenvalue weighted by Crippen LogP contribution is -2.29. The van der Waals surface area contributed by atoms with E-state index in [0.717, 1.165) is 9.88 Å². The molecule has 0 aliphatic carbocycles. The maximum atomic E-state index is 12.3. The summed E-state index contributed by atoms with van der Waals surface area (Å²) < 4.78 is 52.3. The lowest BCUT2D eigenvalue weighted by Gasteiger charge is -2.14. The molecule has 1 aromatic carbocycles. The third-order valence-electron chi connectivity index (χ3n) is 2.72. The summed E-state index contributed by atoms with van der Waals surface area (Å²) in [5.41, 5.74) is 0.525. The molecule has 0 saturated carbocycles. The van der Waals surface area contributed by atoms with Gasteiger partial charge in [-0.2, -0.15) is 8.78 Å². The van der Waals surface area contributed by atoms with Crippen molar-refractivity contribution in [3.8, 4) is 5.75 Å².